The van der Waals surface area contributed by atoms with E-state index in [2.05, 4.69) is 30.7 Å². The number of Topliss-reactive ketones (excluding diaryl/α,β-unsaturated/α-hetero) is 2. The Labute approximate surface area is 168 Å². The average Bonchev–Trinajstić information content (AvgIpc) is 3.29. The van der Waals surface area contributed by atoms with Crippen molar-refractivity contribution in [3.8, 4) is 0 Å². The van der Waals surface area contributed by atoms with Crippen molar-refractivity contribution in [2.24, 2.45) is 34.5 Å². The number of ketones is 2. The smallest absolute Gasteiger partial charge is 0.139 e. The average molecular weight is 387 g/mol. The number of hydroxylamine groups is 1. The van der Waals surface area contributed by atoms with Crippen molar-refractivity contribution in [3.05, 3.63) is 11.8 Å². The monoisotopic (exact) mass is 386 g/mol. The third kappa shape index (κ3) is 2.72. The van der Waals surface area contributed by atoms with Crippen molar-refractivity contribution in [2.45, 2.75) is 71.3 Å². The lowest BCUT2D eigenvalue weighted by Crippen LogP contribution is -2.56. The molecular formula is C23H34N2O3. The van der Waals surface area contributed by atoms with Crippen LogP contribution >= 0.6 is 0 Å². The standard InChI is InChI=1S/C23H34N2O3/c1-22-8-5-15(25-28-16-7-10-24-13-16)11-14(22)12-19(26)21-17-3-4-20(27)23(17,2)9-6-18(21)22/h11,14,16-18,21,24-25H,3-10,12-13H2,1-2H3/t14?,16-,17+,18+,21+,22+,23+/m1/s1. The van der Waals surface area contributed by atoms with Gasteiger partial charge in [0.25, 0.3) is 0 Å². The van der Waals surface area contributed by atoms with Crippen LogP contribution in [-0.4, -0.2) is 30.8 Å². The van der Waals surface area contributed by atoms with Crippen LogP contribution < -0.4 is 10.8 Å². The van der Waals surface area contributed by atoms with Gasteiger partial charge in [0, 0.05) is 36.4 Å². The Kier molecular flexibility index (Phi) is 4.48. The van der Waals surface area contributed by atoms with E-state index in [9.17, 15) is 9.59 Å². The Morgan fingerprint density at radius 1 is 1.11 bits per heavy atom. The SMILES string of the molecule is C[C@]12CCC(NO[C@@H]3CCNC3)=CC1CC(=O)[C@@H]1[C@@H]2CC[C@]2(C)C(=O)CC[C@@H]12. The molecule has 4 aliphatic carbocycles. The highest BCUT2D eigenvalue weighted by Crippen LogP contribution is 2.64. The summed E-state index contributed by atoms with van der Waals surface area (Å²) < 4.78 is 0. The number of carbonyl (C=O) groups is 2. The molecule has 0 aromatic rings. The molecule has 5 rings (SSSR count). The maximum absolute atomic E-state index is 13.3. The molecule has 1 aliphatic heterocycles. The van der Waals surface area contributed by atoms with Gasteiger partial charge >= 0.3 is 0 Å². The van der Waals surface area contributed by atoms with Gasteiger partial charge in [-0.25, -0.2) is 0 Å². The first-order valence-electron chi connectivity index (χ1n) is 11.3. The minimum Gasteiger partial charge on any atom is -0.314 e. The van der Waals surface area contributed by atoms with Crippen LogP contribution in [0.25, 0.3) is 0 Å². The van der Waals surface area contributed by atoms with Gasteiger partial charge in [-0.15, -0.1) is 0 Å². The van der Waals surface area contributed by atoms with E-state index < -0.39 is 0 Å². The van der Waals surface area contributed by atoms with E-state index in [4.69, 9.17) is 4.84 Å². The lowest BCUT2D eigenvalue weighted by molar-refractivity contribution is -0.152. The second-order valence-electron chi connectivity index (χ2n) is 10.5. The molecule has 5 nitrogen and oxygen atoms in total. The van der Waals surface area contributed by atoms with Crippen LogP contribution in [0.2, 0.25) is 0 Å². The summed E-state index contributed by atoms with van der Waals surface area (Å²) in [4.78, 5) is 31.7. The summed E-state index contributed by atoms with van der Waals surface area (Å²) in [6, 6.07) is 0. The molecule has 3 saturated carbocycles. The van der Waals surface area contributed by atoms with E-state index >= 15 is 0 Å². The summed E-state index contributed by atoms with van der Waals surface area (Å²) in [6.07, 6.45) is 9.92. The predicted octanol–water partition coefficient (Wildman–Crippen LogP) is 3.15. The molecule has 154 valence electrons. The molecule has 4 fully saturated rings. The largest absolute Gasteiger partial charge is 0.314 e. The Morgan fingerprint density at radius 3 is 2.75 bits per heavy atom. The number of nitrogens with one attached hydrogen (secondary N) is 2. The van der Waals surface area contributed by atoms with E-state index in [1.54, 1.807) is 0 Å². The van der Waals surface area contributed by atoms with Gasteiger partial charge in [0.2, 0.25) is 0 Å². The summed E-state index contributed by atoms with van der Waals surface area (Å²) in [7, 11) is 0. The summed E-state index contributed by atoms with van der Waals surface area (Å²) in [6.45, 7) is 6.48. The Morgan fingerprint density at radius 2 is 1.96 bits per heavy atom. The van der Waals surface area contributed by atoms with E-state index in [1.807, 2.05) is 0 Å². The molecule has 7 atom stereocenters. The zero-order valence-electron chi connectivity index (χ0n) is 17.3. The molecule has 0 bridgehead atoms. The lowest BCUT2D eigenvalue weighted by Gasteiger charge is -2.57. The van der Waals surface area contributed by atoms with Gasteiger partial charge in [-0.05, 0) is 68.2 Å². The molecule has 0 radical (unpaired) electrons. The fourth-order valence-corrected chi connectivity index (χ4v) is 7.29. The van der Waals surface area contributed by atoms with Gasteiger partial charge in [0.1, 0.15) is 11.6 Å². The van der Waals surface area contributed by atoms with Crippen molar-refractivity contribution in [1.82, 2.24) is 10.8 Å². The van der Waals surface area contributed by atoms with Crippen molar-refractivity contribution < 1.29 is 14.4 Å². The summed E-state index contributed by atoms with van der Waals surface area (Å²) in [5.74, 6) is 1.94. The number of hydrogen-bond acceptors (Lipinski definition) is 5. The molecule has 5 heteroatoms. The molecule has 1 heterocycles. The molecule has 0 aromatic carbocycles. The molecule has 2 N–H and O–H groups in total. The van der Waals surface area contributed by atoms with Crippen molar-refractivity contribution in [2.75, 3.05) is 13.1 Å². The summed E-state index contributed by atoms with van der Waals surface area (Å²) >= 11 is 0. The molecule has 0 amide bonds. The number of hydrogen-bond donors (Lipinski definition) is 2. The van der Waals surface area contributed by atoms with Gasteiger partial charge in [-0.3, -0.25) is 19.9 Å². The predicted molar refractivity (Wildman–Crippen MR) is 106 cm³/mol. The first-order chi connectivity index (χ1) is 13.4. The first kappa shape index (κ1) is 18.8. The third-order valence-corrected chi connectivity index (χ3v) is 9.17. The third-order valence-electron chi connectivity index (χ3n) is 9.17. The molecule has 0 aromatic heterocycles. The highest BCUT2D eigenvalue weighted by Gasteiger charge is 2.62. The molecular weight excluding hydrogens is 352 g/mol. The minimum atomic E-state index is -0.236. The molecule has 5 aliphatic rings. The molecule has 1 saturated heterocycles. The molecule has 1 unspecified atom stereocenters. The second kappa shape index (κ2) is 6.66. The topological polar surface area (TPSA) is 67.4 Å². The highest BCUT2D eigenvalue weighted by atomic mass is 16.7. The highest BCUT2D eigenvalue weighted by molar-refractivity contribution is 5.90. The van der Waals surface area contributed by atoms with Crippen LogP contribution in [0.5, 0.6) is 0 Å². The number of allylic oxidation sites excluding steroid dienone is 2. The fourth-order valence-electron chi connectivity index (χ4n) is 7.29. The fraction of sp³-hybridized carbons (Fsp3) is 0.826. The van der Waals surface area contributed by atoms with Gasteiger partial charge in [0.15, 0.2) is 0 Å². The van der Waals surface area contributed by atoms with E-state index in [1.165, 1.54) is 0 Å². The van der Waals surface area contributed by atoms with Gasteiger partial charge in [-0.2, -0.15) is 0 Å². The quantitative estimate of drug-likeness (QED) is 0.730. The van der Waals surface area contributed by atoms with Crippen LogP contribution in [0.1, 0.15) is 65.2 Å². The summed E-state index contributed by atoms with van der Waals surface area (Å²) in [5.41, 5.74) is 4.30. The first-order valence-corrected chi connectivity index (χ1v) is 11.3. The van der Waals surface area contributed by atoms with E-state index in [0.717, 1.165) is 57.3 Å². The van der Waals surface area contributed by atoms with Gasteiger partial charge in [0.05, 0.1) is 6.10 Å². The molecule has 0 spiro atoms. The lowest BCUT2D eigenvalue weighted by atomic mass is 9.45. The number of rotatable bonds is 3. The Hall–Kier alpha value is -1.20. The van der Waals surface area contributed by atoms with Crippen LogP contribution in [0.3, 0.4) is 0 Å². The summed E-state index contributed by atoms with van der Waals surface area (Å²) in [5, 5.41) is 3.32. The minimum absolute atomic E-state index is 0.107. The van der Waals surface area contributed by atoms with Gasteiger partial charge in [-0.1, -0.05) is 19.9 Å². The molecule has 28 heavy (non-hydrogen) atoms. The van der Waals surface area contributed by atoms with Crippen LogP contribution in [0.15, 0.2) is 11.8 Å². The zero-order chi connectivity index (χ0) is 19.5. The van der Waals surface area contributed by atoms with Crippen molar-refractivity contribution >= 4 is 11.6 Å². The number of fused-ring (bicyclic) bond motifs is 5. The maximum atomic E-state index is 13.3. The van der Waals surface area contributed by atoms with Crippen molar-refractivity contribution in [1.29, 1.82) is 0 Å². The van der Waals surface area contributed by atoms with Crippen LogP contribution in [-0.2, 0) is 14.4 Å². The maximum Gasteiger partial charge on any atom is 0.139 e. The Bertz CT molecular complexity index is 713. The second-order valence-corrected chi connectivity index (χ2v) is 10.5. The van der Waals surface area contributed by atoms with E-state index in [-0.39, 0.29) is 28.8 Å². The Balaban J connectivity index is 1.35. The van der Waals surface area contributed by atoms with Gasteiger partial charge < -0.3 is 5.32 Å². The van der Waals surface area contributed by atoms with Crippen LogP contribution in [0.4, 0.5) is 0 Å². The van der Waals surface area contributed by atoms with Crippen LogP contribution in [0, 0.1) is 34.5 Å². The number of carbonyl (C=O) groups excluding carboxylic acids is 2. The van der Waals surface area contributed by atoms with E-state index in [0.29, 0.717) is 36.2 Å². The normalized spacial score (nSPS) is 47.9. The zero-order valence-corrected chi connectivity index (χ0v) is 17.3. The van der Waals surface area contributed by atoms with Crippen molar-refractivity contribution in [3.63, 3.8) is 0 Å².